The molecule has 4 rings (SSSR count). The van der Waals surface area contributed by atoms with E-state index in [-0.39, 0.29) is 11.3 Å². The summed E-state index contributed by atoms with van der Waals surface area (Å²) in [6, 6.07) is 17.7. The predicted octanol–water partition coefficient (Wildman–Crippen LogP) is 5.37. The van der Waals surface area contributed by atoms with E-state index >= 15 is 0 Å². The zero-order valence-electron chi connectivity index (χ0n) is 18.7. The van der Waals surface area contributed by atoms with Crippen LogP contribution in [-0.4, -0.2) is 26.0 Å². The topological polar surface area (TPSA) is 67.9 Å². The molecular weight excluding hydrogens is 440 g/mol. The number of carbonyl (C=O) groups is 2. The molecular formula is C26H23ClN2O4. The largest absolute Gasteiger partial charge is 0.496 e. The highest BCUT2D eigenvalue weighted by Gasteiger charge is 2.41. The highest BCUT2D eigenvalue weighted by molar-refractivity contribution is 6.46. The Bertz CT molecular complexity index is 1300. The molecule has 0 saturated carbocycles. The van der Waals surface area contributed by atoms with Crippen molar-refractivity contribution in [1.82, 2.24) is 0 Å². The van der Waals surface area contributed by atoms with E-state index in [9.17, 15) is 9.59 Å². The fourth-order valence-corrected chi connectivity index (χ4v) is 3.99. The van der Waals surface area contributed by atoms with Crippen molar-refractivity contribution >= 4 is 40.4 Å². The van der Waals surface area contributed by atoms with Gasteiger partial charge in [0.1, 0.15) is 17.2 Å². The van der Waals surface area contributed by atoms with Gasteiger partial charge in [-0.2, -0.15) is 0 Å². The standard InChI is InChI=1S/C26H23ClN2O4/c1-15-9-11-18(13-16(15)2)29-25(30)23(19-7-5-6-8-21(19)32-3)24(26(29)31)28-17-10-12-22(33-4)20(27)14-17/h5-14,28H,1-4H3. The minimum absolute atomic E-state index is 0.143. The van der Waals surface area contributed by atoms with E-state index in [2.05, 4.69) is 5.32 Å². The van der Waals surface area contributed by atoms with Crippen LogP contribution < -0.4 is 19.7 Å². The molecule has 0 radical (unpaired) electrons. The molecule has 6 nitrogen and oxygen atoms in total. The number of nitrogens with zero attached hydrogens (tertiary/aromatic N) is 1. The van der Waals surface area contributed by atoms with Crippen LogP contribution in [0.15, 0.2) is 66.4 Å². The van der Waals surface area contributed by atoms with E-state index in [1.807, 2.05) is 32.0 Å². The van der Waals surface area contributed by atoms with Gasteiger partial charge in [-0.05, 0) is 61.4 Å². The van der Waals surface area contributed by atoms with E-state index < -0.39 is 11.8 Å². The molecule has 0 fully saturated rings. The molecule has 33 heavy (non-hydrogen) atoms. The van der Waals surface area contributed by atoms with Crippen molar-refractivity contribution in [3.8, 4) is 11.5 Å². The van der Waals surface area contributed by atoms with Crippen molar-refractivity contribution in [2.45, 2.75) is 13.8 Å². The van der Waals surface area contributed by atoms with Crippen molar-refractivity contribution in [3.63, 3.8) is 0 Å². The molecule has 0 unspecified atom stereocenters. The molecule has 0 aliphatic carbocycles. The molecule has 1 aliphatic heterocycles. The van der Waals surface area contributed by atoms with Crippen LogP contribution in [0.3, 0.4) is 0 Å². The summed E-state index contributed by atoms with van der Waals surface area (Å²) in [7, 11) is 3.05. The van der Waals surface area contributed by atoms with Gasteiger partial charge in [-0.3, -0.25) is 9.59 Å². The predicted molar refractivity (Wildman–Crippen MR) is 130 cm³/mol. The van der Waals surface area contributed by atoms with Crippen molar-refractivity contribution in [2.75, 3.05) is 24.4 Å². The molecule has 0 saturated heterocycles. The second-order valence-corrected chi connectivity index (χ2v) is 8.05. The van der Waals surface area contributed by atoms with Crippen LogP contribution in [0.2, 0.25) is 5.02 Å². The van der Waals surface area contributed by atoms with Crippen molar-refractivity contribution in [1.29, 1.82) is 0 Å². The lowest BCUT2D eigenvalue weighted by Gasteiger charge is -2.17. The number of hydrogen-bond acceptors (Lipinski definition) is 5. The van der Waals surface area contributed by atoms with Gasteiger partial charge in [-0.25, -0.2) is 4.90 Å². The minimum Gasteiger partial charge on any atom is -0.496 e. The quantitative estimate of drug-likeness (QED) is 0.499. The van der Waals surface area contributed by atoms with Crippen LogP contribution in [0.1, 0.15) is 16.7 Å². The molecule has 7 heteroatoms. The average molecular weight is 463 g/mol. The number of aryl methyl sites for hydroxylation is 2. The fraction of sp³-hybridized carbons (Fsp3) is 0.154. The summed E-state index contributed by atoms with van der Waals surface area (Å²) in [4.78, 5) is 28.4. The van der Waals surface area contributed by atoms with E-state index in [0.29, 0.717) is 33.5 Å². The first-order valence-electron chi connectivity index (χ1n) is 10.3. The zero-order valence-corrected chi connectivity index (χ0v) is 19.5. The Balaban J connectivity index is 1.85. The first-order valence-corrected chi connectivity index (χ1v) is 10.7. The lowest BCUT2D eigenvalue weighted by molar-refractivity contribution is -0.120. The Kier molecular flexibility index (Phi) is 6.11. The zero-order chi connectivity index (χ0) is 23.7. The summed E-state index contributed by atoms with van der Waals surface area (Å²) in [6.07, 6.45) is 0. The monoisotopic (exact) mass is 462 g/mol. The normalized spacial score (nSPS) is 13.5. The smallest absolute Gasteiger partial charge is 0.282 e. The molecule has 0 bridgehead atoms. The number of imide groups is 1. The van der Waals surface area contributed by atoms with Gasteiger partial charge in [0.15, 0.2) is 0 Å². The third-order valence-corrected chi connectivity index (χ3v) is 5.93. The molecule has 0 aromatic heterocycles. The van der Waals surface area contributed by atoms with E-state index in [4.69, 9.17) is 21.1 Å². The molecule has 1 heterocycles. The molecule has 2 amide bonds. The molecule has 0 spiro atoms. The fourth-order valence-electron chi connectivity index (χ4n) is 3.73. The van der Waals surface area contributed by atoms with Gasteiger partial charge in [-0.1, -0.05) is 35.9 Å². The van der Waals surface area contributed by atoms with Gasteiger partial charge in [0.25, 0.3) is 11.8 Å². The van der Waals surface area contributed by atoms with Crippen molar-refractivity contribution in [2.24, 2.45) is 0 Å². The minimum atomic E-state index is -0.462. The summed E-state index contributed by atoms with van der Waals surface area (Å²) in [5.74, 6) is 0.0975. The average Bonchev–Trinajstić information content (AvgIpc) is 3.05. The molecule has 168 valence electrons. The summed E-state index contributed by atoms with van der Waals surface area (Å²) in [5.41, 5.74) is 3.99. The first kappa shape index (κ1) is 22.4. The maximum atomic E-state index is 13.7. The van der Waals surface area contributed by atoms with Gasteiger partial charge < -0.3 is 14.8 Å². The number of methoxy groups -OCH3 is 2. The Labute approximate surface area is 197 Å². The van der Waals surface area contributed by atoms with E-state index in [1.165, 1.54) is 19.1 Å². The van der Waals surface area contributed by atoms with Crippen LogP contribution in [0.25, 0.3) is 5.57 Å². The third kappa shape index (κ3) is 4.05. The van der Waals surface area contributed by atoms with Gasteiger partial charge in [-0.15, -0.1) is 0 Å². The number of halogens is 1. The highest BCUT2D eigenvalue weighted by Crippen LogP contribution is 2.38. The van der Waals surface area contributed by atoms with Crippen molar-refractivity contribution < 1.29 is 19.1 Å². The van der Waals surface area contributed by atoms with E-state index in [1.54, 1.807) is 42.5 Å². The Morgan fingerprint density at radius 3 is 2.21 bits per heavy atom. The van der Waals surface area contributed by atoms with Crippen molar-refractivity contribution in [3.05, 3.63) is 88.1 Å². The van der Waals surface area contributed by atoms with Crippen LogP contribution in [0.5, 0.6) is 11.5 Å². The second kappa shape index (κ2) is 9.00. The van der Waals surface area contributed by atoms with Gasteiger partial charge in [0.2, 0.25) is 0 Å². The third-order valence-electron chi connectivity index (χ3n) is 5.63. The SMILES string of the molecule is COc1ccc(NC2=C(c3ccccc3OC)C(=O)N(c3ccc(C)c(C)c3)C2=O)cc1Cl. The van der Waals surface area contributed by atoms with Gasteiger partial charge in [0.05, 0.1) is 30.5 Å². The highest BCUT2D eigenvalue weighted by atomic mass is 35.5. The number of benzene rings is 3. The lowest BCUT2D eigenvalue weighted by atomic mass is 10.0. The number of carbonyl (C=O) groups excluding carboxylic acids is 2. The number of nitrogens with one attached hydrogen (secondary N) is 1. The number of anilines is 2. The first-order chi connectivity index (χ1) is 15.8. The Morgan fingerprint density at radius 2 is 1.55 bits per heavy atom. The number of para-hydroxylation sites is 1. The Morgan fingerprint density at radius 1 is 0.818 bits per heavy atom. The van der Waals surface area contributed by atoms with Gasteiger partial charge >= 0.3 is 0 Å². The van der Waals surface area contributed by atoms with Crippen LogP contribution in [-0.2, 0) is 9.59 Å². The van der Waals surface area contributed by atoms with Gasteiger partial charge in [0, 0.05) is 11.3 Å². The maximum absolute atomic E-state index is 13.7. The van der Waals surface area contributed by atoms with E-state index in [0.717, 1.165) is 11.1 Å². The Hall–Kier alpha value is -3.77. The molecule has 0 atom stereocenters. The maximum Gasteiger partial charge on any atom is 0.282 e. The molecule has 3 aromatic rings. The summed E-state index contributed by atoms with van der Waals surface area (Å²) >= 11 is 6.27. The van der Waals surface area contributed by atoms with Crippen LogP contribution in [0.4, 0.5) is 11.4 Å². The summed E-state index contributed by atoms with van der Waals surface area (Å²) in [6.45, 7) is 3.92. The number of rotatable bonds is 6. The molecule has 1 N–H and O–H groups in total. The summed E-state index contributed by atoms with van der Waals surface area (Å²) < 4.78 is 10.7. The number of ether oxygens (including phenoxy) is 2. The second-order valence-electron chi connectivity index (χ2n) is 7.64. The van der Waals surface area contributed by atoms with Crippen LogP contribution >= 0.6 is 11.6 Å². The van der Waals surface area contributed by atoms with Crippen LogP contribution in [0, 0.1) is 13.8 Å². The number of amides is 2. The molecule has 3 aromatic carbocycles. The number of hydrogen-bond donors (Lipinski definition) is 1. The molecule has 1 aliphatic rings. The lowest BCUT2D eigenvalue weighted by Crippen LogP contribution is -2.32. The summed E-state index contributed by atoms with van der Waals surface area (Å²) in [5, 5.41) is 3.49.